The van der Waals surface area contributed by atoms with Crippen LogP contribution in [0.4, 0.5) is 0 Å². The Morgan fingerprint density at radius 3 is 2.58 bits per heavy atom. The van der Waals surface area contributed by atoms with Crippen LogP contribution in [-0.4, -0.2) is 19.0 Å². The number of hydrogen-bond donors (Lipinski definition) is 1. The first-order valence-electron chi connectivity index (χ1n) is 4.79. The van der Waals surface area contributed by atoms with Crippen molar-refractivity contribution in [2.24, 2.45) is 0 Å². The van der Waals surface area contributed by atoms with E-state index < -0.39 is 0 Å². The Bertz CT molecular complexity index is 102. The lowest BCUT2D eigenvalue weighted by atomic mass is 10.2. The fourth-order valence-corrected chi connectivity index (χ4v) is 1.19. The molecular weight excluding hydrogens is 170 g/mol. The van der Waals surface area contributed by atoms with Crippen molar-refractivity contribution in [1.82, 2.24) is 5.32 Å². The molecule has 0 spiro atoms. The Hall–Kier alpha value is -0.0100. The van der Waals surface area contributed by atoms with Gasteiger partial charge in [-0.1, -0.05) is 25.0 Å². The van der Waals surface area contributed by atoms with E-state index in [2.05, 4.69) is 17.5 Å². The number of allylic oxidation sites excluding steroid dienone is 1. The van der Waals surface area contributed by atoms with Crippen molar-refractivity contribution in [2.75, 3.05) is 19.0 Å². The monoisotopic (exact) mass is 189 g/mol. The predicted molar refractivity (Wildman–Crippen MR) is 56.9 cm³/mol. The van der Waals surface area contributed by atoms with Crippen LogP contribution in [0, 0.1) is 0 Å². The molecule has 0 saturated heterocycles. The zero-order chi connectivity index (χ0) is 9.07. The maximum atomic E-state index is 5.56. The second-order valence-corrected chi connectivity index (χ2v) is 3.25. The molecule has 0 amide bonds. The van der Waals surface area contributed by atoms with E-state index in [4.69, 9.17) is 11.6 Å². The van der Waals surface area contributed by atoms with Crippen LogP contribution < -0.4 is 5.32 Å². The third kappa shape index (κ3) is 9.99. The van der Waals surface area contributed by atoms with Crippen LogP contribution in [0.1, 0.15) is 32.6 Å². The fraction of sp³-hybridized carbons (Fsp3) is 0.800. The largest absolute Gasteiger partial charge is 0.313 e. The van der Waals surface area contributed by atoms with Crippen molar-refractivity contribution in [2.45, 2.75) is 32.6 Å². The Labute approximate surface area is 81.2 Å². The van der Waals surface area contributed by atoms with Crippen LogP contribution in [0.15, 0.2) is 12.2 Å². The van der Waals surface area contributed by atoms with E-state index in [1.807, 2.05) is 6.92 Å². The van der Waals surface area contributed by atoms with E-state index in [9.17, 15) is 0 Å². The molecular formula is C10H20ClN. The molecule has 0 aromatic rings. The number of hydrogen-bond acceptors (Lipinski definition) is 1. The Kier molecular flexibility index (Phi) is 11.0. The highest BCUT2D eigenvalue weighted by Crippen LogP contribution is 1.99. The van der Waals surface area contributed by atoms with Gasteiger partial charge in [0.05, 0.1) is 0 Å². The maximum Gasteiger partial charge on any atom is 0.0223 e. The molecule has 72 valence electrons. The van der Waals surface area contributed by atoms with E-state index in [1.54, 1.807) is 0 Å². The minimum atomic E-state index is 0.812. The molecule has 0 aromatic carbocycles. The molecule has 0 bridgehead atoms. The zero-order valence-corrected chi connectivity index (χ0v) is 8.74. The van der Waals surface area contributed by atoms with E-state index in [0.29, 0.717) is 0 Å². The molecule has 0 aliphatic rings. The van der Waals surface area contributed by atoms with Crippen LogP contribution in [-0.2, 0) is 0 Å². The standard InChI is InChI=1S/C10H20ClN/c1-2-3-9-12-10-7-5-4-6-8-11/h2-3,12H,4-10H2,1H3/b3-2+. The summed E-state index contributed by atoms with van der Waals surface area (Å²) < 4.78 is 0. The summed E-state index contributed by atoms with van der Waals surface area (Å²) in [5.41, 5.74) is 0. The molecule has 12 heavy (non-hydrogen) atoms. The predicted octanol–water partition coefficient (Wildman–Crippen LogP) is 2.95. The van der Waals surface area contributed by atoms with Crippen molar-refractivity contribution in [3.63, 3.8) is 0 Å². The van der Waals surface area contributed by atoms with Gasteiger partial charge in [0, 0.05) is 12.4 Å². The summed E-state index contributed by atoms with van der Waals surface area (Å²) in [4.78, 5) is 0. The number of halogens is 1. The number of unbranched alkanes of at least 4 members (excludes halogenated alkanes) is 3. The summed E-state index contributed by atoms with van der Waals surface area (Å²) in [6.45, 7) is 4.18. The minimum Gasteiger partial charge on any atom is -0.313 e. The first-order valence-corrected chi connectivity index (χ1v) is 5.33. The third-order valence-corrected chi connectivity index (χ3v) is 2.00. The van der Waals surface area contributed by atoms with Gasteiger partial charge in [0.1, 0.15) is 0 Å². The van der Waals surface area contributed by atoms with E-state index >= 15 is 0 Å². The molecule has 1 N–H and O–H groups in total. The highest BCUT2D eigenvalue weighted by molar-refractivity contribution is 6.17. The SMILES string of the molecule is C/C=C/CNCCCCCCCl. The maximum absolute atomic E-state index is 5.56. The summed E-state index contributed by atoms with van der Waals surface area (Å²) in [6.07, 6.45) is 9.22. The van der Waals surface area contributed by atoms with E-state index in [1.165, 1.54) is 19.3 Å². The smallest absolute Gasteiger partial charge is 0.0223 e. The average Bonchev–Trinajstić information content (AvgIpc) is 2.10. The molecule has 0 heterocycles. The molecule has 0 unspecified atom stereocenters. The van der Waals surface area contributed by atoms with Gasteiger partial charge in [0.2, 0.25) is 0 Å². The van der Waals surface area contributed by atoms with Gasteiger partial charge in [-0.25, -0.2) is 0 Å². The highest BCUT2D eigenvalue weighted by Gasteiger charge is 1.87. The molecule has 0 atom stereocenters. The molecule has 0 radical (unpaired) electrons. The highest BCUT2D eigenvalue weighted by atomic mass is 35.5. The van der Waals surface area contributed by atoms with Gasteiger partial charge in [-0.3, -0.25) is 0 Å². The lowest BCUT2D eigenvalue weighted by Gasteiger charge is -2.00. The summed E-state index contributed by atoms with van der Waals surface area (Å²) in [6, 6.07) is 0. The minimum absolute atomic E-state index is 0.812. The number of rotatable bonds is 8. The average molecular weight is 190 g/mol. The van der Waals surface area contributed by atoms with Crippen molar-refractivity contribution in [3.05, 3.63) is 12.2 Å². The molecule has 0 rings (SSSR count). The van der Waals surface area contributed by atoms with Crippen LogP contribution in [0.3, 0.4) is 0 Å². The first kappa shape index (κ1) is 12.0. The molecule has 0 aliphatic carbocycles. The van der Waals surface area contributed by atoms with Crippen molar-refractivity contribution < 1.29 is 0 Å². The third-order valence-electron chi connectivity index (χ3n) is 1.74. The quantitative estimate of drug-likeness (QED) is 0.352. The van der Waals surface area contributed by atoms with Gasteiger partial charge in [0.25, 0.3) is 0 Å². The van der Waals surface area contributed by atoms with Gasteiger partial charge >= 0.3 is 0 Å². The van der Waals surface area contributed by atoms with Crippen LogP contribution in [0.25, 0.3) is 0 Å². The van der Waals surface area contributed by atoms with Crippen molar-refractivity contribution in [3.8, 4) is 0 Å². The van der Waals surface area contributed by atoms with Crippen molar-refractivity contribution in [1.29, 1.82) is 0 Å². The second kappa shape index (κ2) is 11.0. The fourth-order valence-electron chi connectivity index (χ4n) is 1.00. The molecule has 2 heteroatoms. The molecule has 0 saturated carbocycles. The van der Waals surface area contributed by atoms with Crippen LogP contribution >= 0.6 is 11.6 Å². The Morgan fingerprint density at radius 1 is 1.17 bits per heavy atom. The molecule has 0 aromatic heterocycles. The second-order valence-electron chi connectivity index (χ2n) is 2.88. The number of nitrogens with one attached hydrogen (secondary N) is 1. The Morgan fingerprint density at radius 2 is 1.92 bits per heavy atom. The van der Waals surface area contributed by atoms with Gasteiger partial charge in [-0.2, -0.15) is 0 Å². The number of alkyl halides is 1. The van der Waals surface area contributed by atoms with Crippen molar-refractivity contribution >= 4 is 11.6 Å². The van der Waals surface area contributed by atoms with E-state index in [0.717, 1.165) is 25.4 Å². The van der Waals surface area contributed by atoms with Crippen LogP contribution in [0.2, 0.25) is 0 Å². The van der Waals surface area contributed by atoms with Gasteiger partial charge in [-0.05, 0) is 26.3 Å². The van der Waals surface area contributed by atoms with Gasteiger partial charge in [-0.15, -0.1) is 11.6 Å². The van der Waals surface area contributed by atoms with Crippen LogP contribution in [0.5, 0.6) is 0 Å². The molecule has 0 fully saturated rings. The van der Waals surface area contributed by atoms with Gasteiger partial charge in [0.15, 0.2) is 0 Å². The summed E-state index contributed by atoms with van der Waals surface area (Å²) in [5.74, 6) is 0.812. The Balaban J connectivity index is 2.81. The lowest BCUT2D eigenvalue weighted by Crippen LogP contribution is -2.14. The zero-order valence-electron chi connectivity index (χ0n) is 7.98. The normalized spacial score (nSPS) is 11.2. The summed E-state index contributed by atoms with van der Waals surface area (Å²) in [5, 5.41) is 3.34. The summed E-state index contributed by atoms with van der Waals surface area (Å²) in [7, 11) is 0. The first-order chi connectivity index (χ1) is 5.91. The lowest BCUT2D eigenvalue weighted by molar-refractivity contribution is 0.621. The summed E-state index contributed by atoms with van der Waals surface area (Å²) >= 11 is 5.56. The van der Waals surface area contributed by atoms with Gasteiger partial charge < -0.3 is 5.32 Å². The topological polar surface area (TPSA) is 12.0 Å². The molecule has 1 nitrogen and oxygen atoms in total. The molecule has 0 aliphatic heterocycles. The van der Waals surface area contributed by atoms with E-state index in [-0.39, 0.29) is 0 Å².